The van der Waals surface area contributed by atoms with Crippen LogP contribution in [0.1, 0.15) is 18.3 Å². The van der Waals surface area contributed by atoms with E-state index in [4.69, 9.17) is 4.43 Å². The average molecular weight is 224 g/mol. The summed E-state index contributed by atoms with van der Waals surface area (Å²) in [5.74, 6) is 0.699. The summed E-state index contributed by atoms with van der Waals surface area (Å²) in [6, 6.07) is 2.02. The van der Waals surface area contributed by atoms with Crippen LogP contribution in [0.5, 0.6) is 0 Å². The smallest absolute Gasteiger partial charge is 0.242 e. The van der Waals surface area contributed by atoms with Crippen molar-refractivity contribution >= 4 is 14.1 Å². The van der Waals surface area contributed by atoms with Gasteiger partial charge in [-0.2, -0.15) is 5.10 Å². The Morgan fingerprint density at radius 2 is 2.13 bits per heavy atom. The molecular formula is C11H20N2OSi. The molecule has 15 heavy (non-hydrogen) atoms. The van der Waals surface area contributed by atoms with Crippen molar-refractivity contribution in [3.63, 3.8) is 0 Å². The number of hydrogen-bond acceptors (Lipinski definition) is 2. The van der Waals surface area contributed by atoms with Gasteiger partial charge in [0.25, 0.3) is 0 Å². The van der Waals surface area contributed by atoms with Crippen LogP contribution in [0.25, 0.3) is 5.76 Å². The summed E-state index contributed by atoms with van der Waals surface area (Å²) in [4.78, 5) is 0. The highest BCUT2D eigenvalue weighted by atomic mass is 28.4. The first kappa shape index (κ1) is 12.0. The lowest BCUT2D eigenvalue weighted by molar-refractivity contribution is 0.510. The second kappa shape index (κ2) is 4.22. The van der Waals surface area contributed by atoms with E-state index in [1.165, 1.54) is 0 Å². The molecule has 84 valence electrons. The minimum Gasteiger partial charge on any atom is -0.543 e. The maximum atomic E-state index is 5.81. The third-order valence-electron chi connectivity index (χ3n) is 2.00. The molecule has 0 aliphatic carbocycles. The predicted octanol–water partition coefficient (Wildman–Crippen LogP) is 3.03. The second-order valence-electron chi connectivity index (χ2n) is 4.62. The van der Waals surface area contributed by atoms with Gasteiger partial charge in [-0.15, -0.1) is 0 Å². The van der Waals surface area contributed by atoms with E-state index in [9.17, 15) is 0 Å². The van der Waals surface area contributed by atoms with Crippen molar-refractivity contribution in [2.45, 2.75) is 40.0 Å². The molecule has 0 fully saturated rings. The van der Waals surface area contributed by atoms with E-state index in [-0.39, 0.29) is 0 Å². The maximum Gasteiger partial charge on any atom is 0.242 e. The summed E-state index contributed by atoms with van der Waals surface area (Å²) in [5.41, 5.74) is 2.00. The fourth-order valence-corrected chi connectivity index (χ4v) is 2.23. The molecule has 0 aliphatic heterocycles. The molecule has 4 heteroatoms. The molecule has 0 atom stereocenters. The zero-order chi connectivity index (χ0) is 11.6. The van der Waals surface area contributed by atoms with Crippen molar-refractivity contribution < 1.29 is 4.43 Å². The summed E-state index contributed by atoms with van der Waals surface area (Å²) in [5, 5.41) is 4.43. The summed E-state index contributed by atoms with van der Waals surface area (Å²) in [7, 11) is -1.57. The zero-order valence-corrected chi connectivity index (χ0v) is 11.3. The van der Waals surface area contributed by atoms with Gasteiger partial charge in [0.1, 0.15) is 11.5 Å². The summed E-state index contributed by atoms with van der Waals surface area (Å²) < 4.78 is 7.76. The Morgan fingerprint density at radius 1 is 1.53 bits per heavy atom. The molecule has 0 saturated heterocycles. The zero-order valence-electron chi connectivity index (χ0n) is 10.3. The van der Waals surface area contributed by atoms with Gasteiger partial charge in [-0.25, -0.2) is 0 Å². The minimum atomic E-state index is -1.57. The molecule has 0 aliphatic rings. The van der Waals surface area contributed by atoms with Crippen molar-refractivity contribution in [3.05, 3.63) is 24.0 Å². The molecule has 1 aromatic rings. The van der Waals surface area contributed by atoms with Crippen molar-refractivity contribution in [2.75, 3.05) is 0 Å². The van der Waals surface area contributed by atoms with Crippen LogP contribution in [0, 0.1) is 6.92 Å². The predicted molar refractivity (Wildman–Crippen MR) is 66.1 cm³/mol. The Hall–Kier alpha value is -1.03. The molecule has 3 nitrogen and oxygen atoms in total. The minimum absolute atomic E-state index is 0.699. The van der Waals surface area contributed by atoms with Gasteiger partial charge in [-0.1, -0.05) is 6.58 Å². The van der Waals surface area contributed by atoms with Crippen LogP contribution in [0.4, 0.5) is 0 Å². The number of aromatic nitrogens is 2. The highest BCUT2D eigenvalue weighted by Gasteiger charge is 2.19. The van der Waals surface area contributed by atoms with E-state index < -0.39 is 8.32 Å². The van der Waals surface area contributed by atoms with Gasteiger partial charge in [-0.05, 0) is 39.6 Å². The van der Waals surface area contributed by atoms with Gasteiger partial charge < -0.3 is 4.43 Å². The van der Waals surface area contributed by atoms with E-state index in [2.05, 4.69) is 38.2 Å². The van der Waals surface area contributed by atoms with E-state index in [0.717, 1.165) is 17.9 Å². The fourth-order valence-electron chi connectivity index (χ4n) is 1.39. The van der Waals surface area contributed by atoms with Crippen molar-refractivity contribution in [3.8, 4) is 0 Å². The van der Waals surface area contributed by atoms with Crippen LogP contribution < -0.4 is 0 Å². The molecule has 1 aromatic heterocycles. The highest BCUT2D eigenvalue weighted by molar-refractivity contribution is 6.70. The number of rotatable bonds is 4. The summed E-state index contributed by atoms with van der Waals surface area (Å²) >= 11 is 0. The lowest BCUT2D eigenvalue weighted by atomic mass is 10.3. The summed E-state index contributed by atoms with van der Waals surface area (Å²) in [6.45, 7) is 15.4. The van der Waals surface area contributed by atoms with Gasteiger partial charge in [0, 0.05) is 12.2 Å². The second-order valence-corrected chi connectivity index (χ2v) is 9.05. The Morgan fingerprint density at radius 3 is 2.53 bits per heavy atom. The molecule has 0 saturated carbocycles. The van der Waals surface area contributed by atoms with E-state index in [1.807, 2.05) is 17.7 Å². The van der Waals surface area contributed by atoms with Gasteiger partial charge in [0.2, 0.25) is 8.32 Å². The van der Waals surface area contributed by atoms with Crippen LogP contribution in [0.2, 0.25) is 19.6 Å². The topological polar surface area (TPSA) is 27.1 Å². The van der Waals surface area contributed by atoms with Gasteiger partial charge >= 0.3 is 0 Å². The van der Waals surface area contributed by atoms with E-state index >= 15 is 0 Å². The quantitative estimate of drug-likeness (QED) is 0.580. The molecule has 0 spiro atoms. The normalized spacial score (nSPS) is 11.5. The lowest BCUT2D eigenvalue weighted by Gasteiger charge is -2.19. The molecule has 0 unspecified atom stereocenters. The third kappa shape index (κ3) is 3.23. The monoisotopic (exact) mass is 224 g/mol. The lowest BCUT2D eigenvalue weighted by Crippen LogP contribution is -2.24. The fraction of sp³-hybridized carbons (Fsp3) is 0.545. The molecule has 0 bridgehead atoms. The highest BCUT2D eigenvalue weighted by Crippen LogP contribution is 2.18. The van der Waals surface area contributed by atoms with Crippen LogP contribution >= 0.6 is 0 Å². The average Bonchev–Trinajstić information content (AvgIpc) is 2.43. The molecule has 1 rings (SSSR count). The largest absolute Gasteiger partial charge is 0.543 e. The molecule has 0 N–H and O–H groups in total. The van der Waals surface area contributed by atoms with Gasteiger partial charge in [0.15, 0.2) is 0 Å². The van der Waals surface area contributed by atoms with Gasteiger partial charge in [-0.3, -0.25) is 4.68 Å². The van der Waals surface area contributed by atoms with Crippen LogP contribution in [0.3, 0.4) is 0 Å². The van der Waals surface area contributed by atoms with E-state index in [1.54, 1.807) is 0 Å². The Balaban J connectivity index is 2.83. The first-order valence-electron chi connectivity index (χ1n) is 5.26. The molecule has 0 radical (unpaired) electrons. The Kier molecular flexibility index (Phi) is 3.39. The van der Waals surface area contributed by atoms with Crippen LogP contribution in [-0.4, -0.2) is 18.1 Å². The molecule has 0 aromatic carbocycles. The first-order chi connectivity index (χ1) is 6.83. The van der Waals surface area contributed by atoms with Crippen molar-refractivity contribution in [2.24, 2.45) is 0 Å². The number of hydrogen-bond donors (Lipinski definition) is 0. The maximum absolute atomic E-state index is 5.81. The van der Waals surface area contributed by atoms with Crippen LogP contribution in [0.15, 0.2) is 12.6 Å². The number of aryl methyl sites for hydroxylation is 2. The van der Waals surface area contributed by atoms with Crippen LogP contribution in [-0.2, 0) is 11.0 Å². The molecule has 0 amide bonds. The standard InChI is InChI=1S/C11H20N2OSi/c1-7-13-9(2)8-11(12-13)10(3)14-15(4,5)6/h8H,3,7H2,1-2,4-6H3. The summed E-state index contributed by atoms with van der Waals surface area (Å²) in [6.07, 6.45) is 0. The first-order valence-corrected chi connectivity index (χ1v) is 8.67. The third-order valence-corrected chi connectivity index (χ3v) is 2.85. The molecular weight excluding hydrogens is 204 g/mol. The van der Waals surface area contributed by atoms with Gasteiger partial charge in [0.05, 0.1) is 0 Å². The molecule has 1 heterocycles. The Bertz CT molecular complexity index is 363. The number of nitrogens with zero attached hydrogens (tertiary/aromatic N) is 2. The van der Waals surface area contributed by atoms with E-state index in [0.29, 0.717) is 5.76 Å². The Labute approximate surface area is 92.9 Å². The van der Waals surface area contributed by atoms with Crippen molar-refractivity contribution in [1.82, 2.24) is 9.78 Å². The SMILES string of the molecule is C=C(O[Si](C)(C)C)c1cc(C)n(CC)n1. The van der Waals surface area contributed by atoms with Crippen molar-refractivity contribution in [1.29, 1.82) is 0 Å².